The van der Waals surface area contributed by atoms with E-state index >= 15 is 0 Å². The average molecular weight is 452 g/mol. The lowest BCUT2D eigenvalue weighted by atomic mass is 10.1. The molecule has 172 valence electrons. The fourth-order valence-electron chi connectivity index (χ4n) is 4.59. The van der Waals surface area contributed by atoms with Gasteiger partial charge < -0.3 is 15.0 Å². The highest BCUT2D eigenvalue weighted by Crippen LogP contribution is 2.28. The van der Waals surface area contributed by atoms with Gasteiger partial charge in [-0.05, 0) is 41.3 Å². The Morgan fingerprint density at radius 1 is 0.824 bits per heavy atom. The minimum Gasteiger partial charge on any atom is -0.495 e. The van der Waals surface area contributed by atoms with Crippen LogP contribution < -0.4 is 15.0 Å². The average Bonchev–Trinajstić information content (AvgIpc) is 2.90. The van der Waals surface area contributed by atoms with Gasteiger partial charge in [0.1, 0.15) is 5.75 Å². The number of methoxy groups -OCH3 is 1. The standard InChI is InChI=1S/C29H29N3O2/c1-34-28-12-5-4-11-27(28)32-19-17-31(18-20-32)21-22-13-15-24(16-14-22)29(33)30-26-10-6-8-23-7-2-3-9-25(23)26/h2-16H,17-21H2,1H3,(H,30,33). The zero-order valence-electron chi connectivity index (χ0n) is 19.4. The maximum atomic E-state index is 12.8. The van der Waals surface area contributed by atoms with Gasteiger partial charge in [-0.25, -0.2) is 0 Å². The summed E-state index contributed by atoms with van der Waals surface area (Å²) in [5, 5.41) is 5.22. The van der Waals surface area contributed by atoms with Gasteiger partial charge in [-0.3, -0.25) is 9.69 Å². The molecule has 0 aliphatic carbocycles. The molecule has 0 spiro atoms. The van der Waals surface area contributed by atoms with Crippen molar-refractivity contribution in [1.82, 2.24) is 4.90 Å². The van der Waals surface area contributed by atoms with Crippen molar-refractivity contribution < 1.29 is 9.53 Å². The number of benzene rings is 4. The minimum atomic E-state index is -0.0895. The van der Waals surface area contributed by atoms with Crippen LogP contribution in [0.3, 0.4) is 0 Å². The second-order valence-corrected chi connectivity index (χ2v) is 8.61. The van der Waals surface area contributed by atoms with E-state index in [0.29, 0.717) is 5.56 Å². The molecule has 1 amide bonds. The van der Waals surface area contributed by atoms with E-state index in [4.69, 9.17) is 4.74 Å². The normalized spacial score (nSPS) is 14.2. The van der Waals surface area contributed by atoms with Crippen LogP contribution >= 0.6 is 0 Å². The van der Waals surface area contributed by atoms with Crippen LogP contribution in [0.25, 0.3) is 10.8 Å². The molecule has 4 aromatic rings. The number of rotatable bonds is 6. The highest BCUT2D eigenvalue weighted by atomic mass is 16.5. The number of anilines is 2. The molecule has 0 radical (unpaired) electrons. The van der Waals surface area contributed by atoms with E-state index in [1.54, 1.807) is 7.11 Å². The highest BCUT2D eigenvalue weighted by molar-refractivity contribution is 6.09. The predicted molar refractivity (Wildman–Crippen MR) is 139 cm³/mol. The number of hydrogen-bond acceptors (Lipinski definition) is 4. The van der Waals surface area contributed by atoms with Gasteiger partial charge >= 0.3 is 0 Å². The monoisotopic (exact) mass is 451 g/mol. The van der Waals surface area contributed by atoms with Crippen LogP contribution in [-0.2, 0) is 6.54 Å². The highest BCUT2D eigenvalue weighted by Gasteiger charge is 2.19. The van der Waals surface area contributed by atoms with Crippen molar-refractivity contribution in [2.24, 2.45) is 0 Å². The maximum absolute atomic E-state index is 12.8. The van der Waals surface area contributed by atoms with Gasteiger partial charge in [0.2, 0.25) is 0 Å². The Balaban J connectivity index is 1.18. The number of para-hydroxylation sites is 2. The van der Waals surface area contributed by atoms with E-state index in [2.05, 4.69) is 51.5 Å². The lowest BCUT2D eigenvalue weighted by Gasteiger charge is -2.36. The third kappa shape index (κ3) is 4.75. The van der Waals surface area contributed by atoms with Crippen LogP contribution in [0.15, 0.2) is 91.0 Å². The number of amides is 1. The summed E-state index contributed by atoms with van der Waals surface area (Å²) in [7, 11) is 1.72. The number of ether oxygens (including phenoxy) is 1. The second-order valence-electron chi connectivity index (χ2n) is 8.61. The van der Waals surface area contributed by atoms with Crippen LogP contribution in [0, 0.1) is 0 Å². The van der Waals surface area contributed by atoms with Crippen molar-refractivity contribution in [3.8, 4) is 5.75 Å². The molecule has 1 N–H and O–H groups in total. The van der Waals surface area contributed by atoms with E-state index in [-0.39, 0.29) is 5.91 Å². The van der Waals surface area contributed by atoms with Gasteiger partial charge in [-0.1, -0.05) is 60.7 Å². The van der Waals surface area contributed by atoms with E-state index in [9.17, 15) is 4.79 Å². The topological polar surface area (TPSA) is 44.8 Å². The van der Waals surface area contributed by atoms with Crippen LogP contribution in [0.4, 0.5) is 11.4 Å². The summed E-state index contributed by atoms with van der Waals surface area (Å²) in [5.41, 5.74) is 3.87. The van der Waals surface area contributed by atoms with E-state index in [1.807, 2.05) is 54.6 Å². The second kappa shape index (κ2) is 9.98. The summed E-state index contributed by atoms with van der Waals surface area (Å²) in [4.78, 5) is 17.7. The lowest BCUT2D eigenvalue weighted by Crippen LogP contribution is -2.46. The minimum absolute atomic E-state index is 0.0895. The molecule has 34 heavy (non-hydrogen) atoms. The van der Waals surface area contributed by atoms with Gasteiger partial charge in [-0.2, -0.15) is 0 Å². The fourth-order valence-corrected chi connectivity index (χ4v) is 4.59. The molecule has 1 aliphatic rings. The van der Waals surface area contributed by atoms with Gasteiger partial charge in [0, 0.05) is 49.4 Å². The Bertz CT molecular complexity index is 1270. The first-order chi connectivity index (χ1) is 16.7. The van der Waals surface area contributed by atoms with E-state index in [1.165, 1.54) is 5.56 Å². The molecule has 0 aromatic heterocycles. The maximum Gasteiger partial charge on any atom is 0.255 e. The summed E-state index contributed by atoms with van der Waals surface area (Å²) in [6.45, 7) is 4.78. The summed E-state index contributed by atoms with van der Waals surface area (Å²) in [5.74, 6) is 0.835. The Morgan fingerprint density at radius 3 is 2.32 bits per heavy atom. The van der Waals surface area contributed by atoms with Crippen molar-refractivity contribution >= 4 is 28.1 Å². The van der Waals surface area contributed by atoms with Crippen molar-refractivity contribution in [3.63, 3.8) is 0 Å². The molecule has 0 bridgehead atoms. The molecule has 5 rings (SSSR count). The van der Waals surface area contributed by atoms with Crippen molar-refractivity contribution in [3.05, 3.63) is 102 Å². The largest absolute Gasteiger partial charge is 0.495 e. The quantitative estimate of drug-likeness (QED) is 0.425. The SMILES string of the molecule is COc1ccccc1N1CCN(Cc2ccc(C(=O)Nc3cccc4ccccc34)cc2)CC1. The van der Waals surface area contributed by atoms with Gasteiger partial charge in [0.05, 0.1) is 12.8 Å². The Kier molecular flexibility index (Phi) is 6.45. The lowest BCUT2D eigenvalue weighted by molar-refractivity contribution is 0.102. The third-order valence-corrected chi connectivity index (χ3v) is 6.46. The molecule has 5 nitrogen and oxygen atoms in total. The molecule has 1 heterocycles. The first-order valence-electron chi connectivity index (χ1n) is 11.7. The Hall–Kier alpha value is -3.83. The van der Waals surface area contributed by atoms with Crippen LogP contribution in [0.2, 0.25) is 0 Å². The van der Waals surface area contributed by atoms with Crippen molar-refractivity contribution in [1.29, 1.82) is 0 Å². The Morgan fingerprint density at radius 2 is 1.53 bits per heavy atom. The summed E-state index contributed by atoms with van der Waals surface area (Å²) in [6, 6.07) is 30.2. The van der Waals surface area contributed by atoms with E-state index in [0.717, 1.165) is 60.6 Å². The van der Waals surface area contributed by atoms with Gasteiger partial charge in [-0.15, -0.1) is 0 Å². The number of nitrogens with zero attached hydrogens (tertiary/aromatic N) is 2. The van der Waals surface area contributed by atoms with Gasteiger partial charge in [0.25, 0.3) is 5.91 Å². The molecule has 1 saturated heterocycles. The number of fused-ring (bicyclic) bond motifs is 1. The zero-order valence-corrected chi connectivity index (χ0v) is 19.4. The fraction of sp³-hybridized carbons (Fsp3) is 0.207. The van der Waals surface area contributed by atoms with Crippen molar-refractivity contribution in [2.45, 2.75) is 6.54 Å². The molecular formula is C29H29N3O2. The van der Waals surface area contributed by atoms with Crippen molar-refractivity contribution in [2.75, 3.05) is 43.5 Å². The summed E-state index contributed by atoms with van der Waals surface area (Å²) < 4.78 is 5.52. The molecule has 0 atom stereocenters. The zero-order chi connectivity index (χ0) is 23.3. The smallest absolute Gasteiger partial charge is 0.255 e. The molecule has 0 saturated carbocycles. The summed E-state index contributed by atoms with van der Waals surface area (Å²) >= 11 is 0. The molecule has 1 aliphatic heterocycles. The van der Waals surface area contributed by atoms with Gasteiger partial charge in [0.15, 0.2) is 0 Å². The number of nitrogens with one attached hydrogen (secondary N) is 1. The first-order valence-corrected chi connectivity index (χ1v) is 11.7. The summed E-state index contributed by atoms with van der Waals surface area (Å²) in [6.07, 6.45) is 0. The van der Waals surface area contributed by atoms with E-state index < -0.39 is 0 Å². The van der Waals surface area contributed by atoms with Crippen LogP contribution in [0.1, 0.15) is 15.9 Å². The predicted octanol–water partition coefficient (Wildman–Crippen LogP) is 5.42. The van der Waals surface area contributed by atoms with Crippen LogP contribution in [0.5, 0.6) is 5.75 Å². The number of hydrogen-bond donors (Lipinski definition) is 1. The molecule has 5 heteroatoms. The molecule has 1 fully saturated rings. The number of carbonyl (C=O) groups excluding carboxylic acids is 1. The van der Waals surface area contributed by atoms with Crippen LogP contribution in [-0.4, -0.2) is 44.1 Å². The molecule has 4 aromatic carbocycles. The number of carbonyl (C=O) groups is 1. The molecular weight excluding hydrogens is 422 g/mol. The Labute approximate surface area is 200 Å². The first kappa shape index (κ1) is 22.0. The number of piperazine rings is 1. The third-order valence-electron chi connectivity index (χ3n) is 6.46. The molecule has 0 unspecified atom stereocenters.